The van der Waals surface area contributed by atoms with Gasteiger partial charge in [-0.05, 0) is 42.2 Å². The van der Waals surface area contributed by atoms with Crippen molar-refractivity contribution >= 4 is 22.6 Å². The van der Waals surface area contributed by atoms with Crippen molar-refractivity contribution in [2.45, 2.75) is 25.7 Å². The number of hydrogen-bond acceptors (Lipinski definition) is 8. The molecule has 0 saturated heterocycles. The van der Waals surface area contributed by atoms with Crippen LogP contribution in [0.2, 0.25) is 0 Å². The van der Waals surface area contributed by atoms with Crippen LogP contribution in [0.15, 0.2) is 48.8 Å². The zero-order valence-electron chi connectivity index (χ0n) is 21.0. The molecule has 1 aliphatic carbocycles. The summed E-state index contributed by atoms with van der Waals surface area (Å²) in [5.74, 6) is -3.26. The van der Waals surface area contributed by atoms with Crippen LogP contribution in [-0.2, 0) is 22.4 Å². The number of carbonyl (C=O) groups excluding carboxylic acids is 2. The summed E-state index contributed by atoms with van der Waals surface area (Å²) < 4.78 is 59.1. The third-order valence-electron chi connectivity index (χ3n) is 6.68. The van der Waals surface area contributed by atoms with Crippen molar-refractivity contribution < 1.29 is 37.0 Å². The summed E-state index contributed by atoms with van der Waals surface area (Å²) in [7, 11) is 2.82. The van der Waals surface area contributed by atoms with Crippen molar-refractivity contribution in [1.82, 2.24) is 15.0 Å². The van der Waals surface area contributed by atoms with Crippen LogP contribution >= 0.6 is 0 Å². The summed E-state index contributed by atoms with van der Waals surface area (Å²) in [4.78, 5) is 38.2. The molecule has 1 saturated carbocycles. The number of rotatable bonds is 10. The summed E-state index contributed by atoms with van der Waals surface area (Å²) in [5.41, 5.74) is -0.423. The lowest BCUT2D eigenvalue weighted by Gasteiger charge is -2.14. The van der Waals surface area contributed by atoms with Gasteiger partial charge in [0.2, 0.25) is 5.88 Å². The van der Waals surface area contributed by atoms with E-state index < -0.39 is 40.8 Å². The quantitative estimate of drug-likeness (QED) is 0.262. The Kier molecular flexibility index (Phi) is 6.90. The van der Waals surface area contributed by atoms with Gasteiger partial charge in [0.05, 0.1) is 19.6 Å². The molecule has 5 rings (SSSR count). The monoisotopic (exact) mass is 537 g/mol. The molecule has 0 radical (unpaired) electrons. The van der Waals surface area contributed by atoms with Crippen LogP contribution in [0, 0.1) is 22.9 Å². The number of methoxy groups -OCH3 is 2. The van der Waals surface area contributed by atoms with Crippen molar-refractivity contribution in [2.75, 3.05) is 14.2 Å². The van der Waals surface area contributed by atoms with E-state index in [0.717, 1.165) is 12.1 Å². The molecule has 0 spiro atoms. The van der Waals surface area contributed by atoms with E-state index in [4.69, 9.17) is 14.2 Å². The zero-order valence-corrected chi connectivity index (χ0v) is 21.0. The first-order valence-corrected chi connectivity index (χ1v) is 11.9. The molecule has 0 N–H and O–H groups in total. The first-order chi connectivity index (χ1) is 18.7. The van der Waals surface area contributed by atoms with Crippen LogP contribution in [0.5, 0.6) is 23.3 Å². The topological polar surface area (TPSA) is 101 Å². The number of aromatic nitrogens is 3. The lowest BCUT2D eigenvalue weighted by molar-refractivity contribution is -0.133. The largest absolute Gasteiger partial charge is 0.491 e. The summed E-state index contributed by atoms with van der Waals surface area (Å²) in [5, 5.41) is 0. The van der Waals surface area contributed by atoms with Gasteiger partial charge in [-0.1, -0.05) is 12.1 Å². The van der Waals surface area contributed by atoms with Crippen LogP contribution in [0.25, 0.3) is 11.0 Å². The number of pyridine rings is 1. The molecule has 1 fully saturated rings. The Bertz CT molecular complexity index is 1590. The molecule has 39 heavy (non-hydrogen) atoms. The Morgan fingerprint density at radius 1 is 0.846 bits per heavy atom. The van der Waals surface area contributed by atoms with Crippen molar-refractivity contribution in [3.8, 4) is 23.3 Å². The number of ether oxygens (including phenoxy) is 3. The molecular weight excluding hydrogens is 515 g/mol. The minimum absolute atomic E-state index is 0.0484. The molecule has 0 aliphatic heterocycles. The number of halogens is 3. The molecule has 0 atom stereocenters. The highest BCUT2D eigenvalue weighted by Gasteiger charge is 2.54. The van der Waals surface area contributed by atoms with Gasteiger partial charge in [0.15, 0.2) is 34.4 Å². The van der Waals surface area contributed by atoms with E-state index >= 15 is 8.78 Å². The molecule has 8 nitrogen and oxygen atoms in total. The molecule has 0 amide bonds. The van der Waals surface area contributed by atoms with Gasteiger partial charge in [-0.15, -0.1) is 0 Å². The van der Waals surface area contributed by atoms with Gasteiger partial charge in [-0.3, -0.25) is 9.59 Å². The normalized spacial score (nSPS) is 13.7. The molecule has 2 heterocycles. The van der Waals surface area contributed by atoms with Gasteiger partial charge in [-0.25, -0.2) is 23.1 Å². The standard InChI is InChI=1S/C28H22F3N3O5/c1-37-22-13-20-25(34-26(22)38-2)27(33-14-32-20)39-21-12-18(30)16(10-19(21)31)11-24(36)28(7-8-28)23(35)9-15-3-5-17(29)6-4-15/h3-6,10,12-14H,7-9,11H2,1-2H3. The molecule has 0 unspecified atom stereocenters. The third kappa shape index (κ3) is 5.12. The second-order valence-electron chi connectivity index (χ2n) is 9.13. The predicted molar refractivity (Wildman–Crippen MR) is 132 cm³/mol. The minimum Gasteiger partial charge on any atom is -0.491 e. The Balaban J connectivity index is 1.35. The van der Waals surface area contributed by atoms with Gasteiger partial charge >= 0.3 is 0 Å². The number of carbonyl (C=O) groups is 2. The SMILES string of the molecule is COc1cc2ncnc(Oc3cc(F)c(CC(=O)C4(C(=O)Cc5ccc(F)cc5)CC4)cc3F)c2nc1OC. The van der Waals surface area contributed by atoms with Crippen LogP contribution < -0.4 is 14.2 Å². The van der Waals surface area contributed by atoms with E-state index in [2.05, 4.69) is 15.0 Å². The smallest absolute Gasteiger partial charge is 0.257 e. The average Bonchev–Trinajstić information content (AvgIpc) is 3.74. The molecule has 200 valence electrons. The fourth-order valence-electron chi connectivity index (χ4n) is 4.32. The maximum Gasteiger partial charge on any atom is 0.257 e. The van der Waals surface area contributed by atoms with E-state index in [9.17, 15) is 14.0 Å². The fraction of sp³-hybridized carbons (Fsp3) is 0.250. The number of Topliss-reactive ketones (excluding diaryl/α,β-unsaturated/α-hetero) is 2. The molecule has 11 heteroatoms. The second kappa shape index (κ2) is 10.3. The summed E-state index contributed by atoms with van der Waals surface area (Å²) in [6, 6.07) is 8.64. The average molecular weight is 537 g/mol. The fourth-order valence-corrected chi connectivity index (χ4v) is 4.32. The van der Waals surface area contributed by atoms with Crippen molar-refractivity contribution in [3.63, 3.8) is 0 Å². The van der Waals surface area contributed by atoms with Crippen LogP contribution in [0.1, 0.15) is 24.0 Å². The van der Waals surface area contributed by atoms with Crippen LogP contribution in [0.4, 0.5) is 13.2 Å². The lowest BCUT2D eigenvalue weighted by atomic mass is 9.87. The highest BCUT2D eigenvalue weighted by atomic mass is 19.1. The van der Waals surface area contributed by atoms with E-state index in [0.29, 0.717) is 29.7 Å². The number of fused-ring (bicyclic) bond motifs is 1. The summed E-state index contributed by atoms with van der Waals surface area (Å²) in [6.45, 7) is 0. The Morgan fingerprint density at radius 3 is 2.23 bits per heavy atom. The third-order valence-corrected chi connectivity index (χ3v) is 6.68. The second-order valence-corrected chi connectivity index (χ2v) is 9.13. The molecule has 4 aromatic rings. The lowest BCUT2D eigenvalue weighted by Crippen LogP contribution is -2.29. The van der Waals surface area contributed by atoms with E-state index in [-0.39, 0.29) is 35.0 Å². The first kappa shape index (κ1) is 26.1. The Morgan fingerprint density at radius 2 is 1.56 bits per heavy atom. The Hall–Kier alpha value is -4.54. The minimum atomic E-state index is -1.24. The van der Waals surface area contributed by atoms with E-state index in [1.165, 1.54) is 50.9 Å². The number of nitrogens with zero attached hydrogens (tertiary/aromatic N) is 3. The Labute approximate surface area is 220 Å². The molecule has 2 aromatic heterocycles. The van der Waals surface area contributed by atoms with E-state index in [1.807, 2.05) is 0 Å². The van der Waals surface area contributed by atoms with Crippen molar-refractivity contribution in [3.05, 3.63) is 77.4 Å². The first-order valence-electron chi connectivity index (χ1n) is 11.9. The van der Waals surface area contributed by atoms with Gasteiger partial charge < -0.3 is 14.2 Å². The molecular formula is C28H22F3N3O5. The van der Waals surface area contributed by atoms with Crippen LogP contribution in [-0.4, -0.2) is 40.7 Å². The highest BCUT2D eigenvalue weighted by molar-refractivity contribution is 6.11. The molecule has 0 bridgehead atoms. The number of ketones is 2. The number of hydrogen-bond donors (Lipinski definition) is 0. The zero-order chi connectivity index (χ0) is 27.7. The van der Waals surface area contributed by atoms with Crippen molar-refractivity contribution in [1.29, 1.82) is 0 Å². The van der Waals surface area contributed by atoms with Gasteiger partial charge in [0, 0.05) is 25.0 Å². The molecule has 2 aromatic carbocycles. The summed E-state index contributed by atoms with van der Waals surface area (Å²) in [6.07, 6.45) is 1.32. The van der Waals surface area contributed by atoms with E-state index in [1.54, 1.807) is 0 Å². The van der Waals surface area contributed by atoms with Crippen molar-refractivity contribution in [2.24, 2.45) is 5.41 Å². The number of benzene rings is 2. The maximum absolute atomic E-state index is 15.0. The molecule has 1 aliphatic rings. The summed E-state index contributed by atoms with van der Waals surface area (Å²) >= 11 is 0. The maximum atomic E-state index is 15.0. The van der Waals surface area contributed by atoms with Crippen LogP contribution in [0.3, 0.4) is 0 Å². The van der Waals surface area contributed by atoms with Gasteiger partial charge in [0.25, 0.3) is 5.88 Å². The van der Waals surface area contributed by atoms with Gasteiger partial charge in [0.1, 0.15) is 23.5 Å². The van der Waals surface area contributed by atoms with Gasteiger partial charge in [-0.2, -0.15) is 4.98 Å². The highest BCUT2D eigenvalue weighted by Crippen LogP contribution is 2.49. The predicted octanol–water partition coefficient (Wildman–Crippen LogP) is 4.96.